The highest BCUT2D eigenvalue weighted by Gasteiger charge is 2.19. The van der Waals surface area contributed by atoms with E-state index in [4.69, 9.17) is 9.47 Å². The molecule has 0 radical (unpaired) electrons. The van der Waals surface area contributed by atoms with E-state index in [-0.39, 0.29) is 0 Å². The number of nitrogens with one attached hydrogen (secondary N) is 1. The first-order chi connectivity index (χ1) is 9.99. The van der Waals surface area contributed by atoms with Crippen molar-refractivity contribution in [2.75, 3.05) is 19.8 Å². The van der Waals surface area contributed by atoms with Crippen molar-refractivity contribution in [2.45, 2.75) is 53.0 Å². The molecule has 0 aliphatic carbocycles. The molecule has 2 rings (SSSR count). The van der Waals surface area contributed by atoms with Crippen molar-refractivity contribution in [2.24, 2.45) is 5.41 Å². The molecular weight excluding hydrogens is 262 g/mol. The molecule has 1 atom stereocenters. The van der Waals surface area contributed by atoms with Gasteiger partial charge in [-0.25, -0.2) is 0 Å². The van der Waals surface area contributed by atoms with Gasteiger partial charge in [0.1, 0.15) is 13.2 Å². The van der Waals surface area contributed by atoms with E-state index in [1.54, 1.807) is 0 Å². The van der Waals surface area contributed by atoms with Crippen molar-refractivity contribution in [3.05, 3.63) is 23.8 Å². The van der Waals surface area contributed by atoms with E-state index in [9.17, 15) is 0 Å². The minimum Gasteiger partial charge on any atom is -0.486 e. The number of ether oxygens (including phenoxy) is 2. The fourth-order valence-electron chi connectivity index (χ4n) is 2.56. The van der Waals surface area contributed by atoms with Crippen molar-refractivity contribution in [1.29, 1.82) is 0 Å². The summed E-state index contributed by atoms with van der Waals surface area (Å²) in [6, 6.07) is 6.75. The van der Waals surface area contributed by atoms with Crippen LogP contribution in [-0.4, -0.2) is 19.8 Å². The molecule has 1 aromatic rings. The van der Waals surface area contributed by atoms with Crippen LogP contribution in [0.25, 0.3) is 0 Å². The first kappa shape index (κ1) is 16.2. The van der Waals surface area contributed by atoms with Crippen LogP contribution in [0.15, 0.2) is 18.2 Å². The van der Waals surface area contributed by atoms with Gasteiger partial charge < -0.3 is 14.8 Å². The molecule has 3 nitrogen and oxygen atoms in total. The van der Waals surface area contributed by atoms with Crippen LogP contribution in [0.4, 0.5) is 0 Å². The van der Waals surface area contributed by atoms with E-state index in [0.29, 0.717) is 24.7 Å². The lowest BCUT2D eigenvalue weighted by molar-refractivity contribution is 0.171. The van der Waals surface area contributed by atoms with Crippen molar-refractivity contribution in [1.82, 2.24) is 5.32 Å². The molecule has 0 spiro atoms. The Morgan fingerprint density at radius 2 is 1.86 bits per heavy atom. The molecule has 0 amide bonds. The number of benzene rings is 1. The number of fused-ring (bicyclic) bond motifs is 1. The van der Waals surface area contributed by atoms with E-state index in [1.807, 2.05) is 6.07 Å². The van der Waals surface area contributed by atoms with Crippen molar-refractivity contribution in [3.8, 4) is 11.5 Å². The highest BCUT2D eigenvalue weighted by Crippen LogP contribution is 2.35. The molecule has 0 fully saturated rings. The highest BCUT2D eigenvalue weighted by atomic mass is 16.6. The number of rotatable bonds is 6. The molecule has 21 heavy (non-hydrogen) atoms. The Hall–Kier alpha value is -1.22. The molecular formula is C18H29NO2. The van der Waals surface area contributed by atoms with Gasteiger partial charge in [-0.15, -0.1) is 0 Å². The summed E-state index contributed by atoms with van der Waals surface area (Å²) in [5.41, 5.74) is 1.66. The Labute approximate surface area is 129 Å². The van der Waals surface area contributed by atoms with Gasteiger partial charge in [0.15, 0.2) is 11.5 Å². The largest absolute Gasteiger partial charge is 0.486 e. The minimum absolute atomic E-state index is 0.361. The molecule has 3 heteroatoms. The zero-order valence-electron chi connectivity index (χ0n) is 13.9. The van der Waals surface area contributed by atoms with Crippen molar-refractivity contribution >= 4 is 0 Å². The molecule has 0 saturated carbocycles. The average molecular weight is 291 g/mol. The first-order valence-electron chi connectivity index (χ1n) is 8.12. The number of hydrogen-bond acceptors (Lipinski definition) is 3. The molecule has 118 valence electrons. The van der Waals surface area contributed by atoms with Gasteiger partial charge in [0.05, 0.1) is 0 Å². The van der Waals surface area contributed by atoms with E-state index in [2.05, 4.69) is 45.1 Å². The second-order valence-corrected chi connectivity index (χ2v) is 7.01. The van der Waals surface area contributed by atoms with E-state index in [0.717, 1.165) is 30.9 Å². The van der Waals surface area contributed by atoms with Gasteiger partial charge in [-0.1, -0.05) is 33.8 Å². The van der Waals surface area contributed by atoms with Gasteiger partial charge in [-0.2, -0.15) is 0 Å². The van der Waals surface area contributed by atoms with Crippen LogP contribution in [0.2, 0.25) is 0 Å². The minimum atomic E-state index is 0.361. The maximum absolute atomic E-state index is 5.71. The zero-order valence-corrected chi connectivity index (χ0v) is 13.9. The van der Waals surface area contributed by atoms with E-state index >= 15 is 0 Å². The standard InChI is InChI=1S/C18H29NO2/c1-5-10-19-15(8-9-18(2,3)4)14-6-7-16-17(13-14)21-12-11-20-16/h6-7,13,15,19H,5,8-12H2,1-4H3. The molecule has 1 unspecified atom stereocenters. The Morgan fingerprint density at radius 3 is 2.52 bits per heavy atom. The van der Waals surface area contributed by atoms with E-state index in [1.165, 1.54) is 12.0 Å². The van der Waals surface area contributed by atoms with Gasteiger partial charge in [-0.3, -0.25) is 0 Å². The molecule has 1 aliphatic rings. The zero-order chi connectivity index (χ0) is 15.3. The summed E-state index contributed by atoms with van der Waals surface area (Å²) in [5.74, 6) is 1.76. The van der Waals surface area contributed by atoms with E-state index < -0.39 is 0 Å². The second-order valence-electron chi connectivity index (χ2n) is 7.01. The SMILES string of the molecule is CCCNC(CCC(C)(C)C)c1ccc2c(c1)OCCO2. The van der Waals surface area contributed by atoms with Crippen LogP contribution in [0.5, 0.6) is 11.5 Å². The van der Waals surface area contributed by atoms with Gasteiger partial charge in [-0.05, 0) is 48.9 Å². The van der Waals surface area contributed by atoms with Crippen molar-refractivity contribution in [3.63, 3.8) is 0 Å². The summed E-state index contributed by atoms with van der Waals surface area (Å²) in [6.07, 6.45) is 3.49. The lowest BCUT2D eigenvalue weighted by Gasteiger charge is -2.26. The Morgan fingerprint density at radius 1 is 1.14 bits per heavy atom. The smallest absolute Gasteiger partial charge is 0.161 e. The molecule has 1 aromatic carbocycles. The molecule has 0 bridgehead atoms. The Balaban J connectivity index is 2.11. The normalized spacial score (nSPS) is 15.8. The molecule has 0 aromatic heterocycles. The lowest BCUT2D eigenvalue weighted by atomic mass is 9.87. The molecule has 0 saturated heterocycles. The van der Waals surface area contributed by atoms with Crippen LogP contribution >= 0.6 is 0 Å². The number of hydrogen-bond donors (Lipinski definition) is 1. The topological polar surface area (TPSA) is 30.5 Å². The van der Waals surface area contributed by atoms with Crippen LogP contribution in [-0.2, 0) is 0 Å². The lowest BCUT2D eigenvalue weighted by Crippen LogP contribution is -2.24. The predicted molar refractivity (Wildman–Crippen MR) is 87.2 cm³/mol. The fourth-order valence-corrected chi connectivity index (χ4v) is 2.56. The maximum atomic E-state index is 5.71. The summed E-state index contributed by atoms with van der Waals surface area (Å²) in [7, 11) is 0. The molecule has 1 N–H and O–H groups in total. The van der Waals surface area contributed by atoms with Crippen LogP contribution < -0.4 is 14.8 Å². The maximum Gasteiger partial charge on any atom is 0.161 e. The van der Waals surface area contributed by atoms with Crippen LogP contribution in [0.3, 0.4) is 0 Å². The fraction of sp³-hybridized carbons (Fsp3) is 0.667. The third-order valence-corrected chi connectivity index (χ3v) is 3.79. The summed E-state index contributed by atoms with van der Waals surface area (Å²) in [6.45, 7) is 11.4. The quantitative estimate of drug-likeness (QED) is 0.846. The Bertz CT molecular complexity index is 451. The van der Waals surface area contributed by atoms with Crippen molar-refractivity contribution < 1.29 is 9.47 Å². The third kappa shape index (κ3) is 4.92. The summed E-state index contributed by atoms with van der Waals surface area (Å²) >= 11 is 0. The van der Waals surface area contributed by atoms with Gasteiger partial charge in [0, 0.05) is 6.04 Å². The first-order valence-corrected chi connectivity index (χ1v) is 8.12. The summed E-state index contributed by atoms with van der Waals surface area (Å²) in [4.78, 5) is 0. The molecule has 1 aliphatic heterocycles. The average Bonchev–Trinajstić information content (AvgIpc) is 2.46. The highest BCUT2D eigenvalue weighted by molar-refractivity contribution is 5.44. The van der Waals surface area contributed by atoms with Gasteiger partial charge in [0.25, 0.3) is 0 Å². The summed E-state index contributed by atoms with van der Waals surface area (Å²) in [5, 5.41) is 3.67. The van der Waals surface area contributed by atoms with Crippen LogP contribution in [0, 0.1) is 5.41 Å². The third-order valence-electron chi connectivity index (χ3n) is 3.79. The van der Waals surface area contributed by atoms with Gasteiger partial charge in [0.2, 0.25) is 0 Å². The second kappa shape index (κ2) is 7.17. The monoisotopic (exact) mass is 291 g/mol. The molecule has 1 heterocycles. The Kier molecular flexibility index (Phi) is 5.51. The summed E-state index contributed by atoms with van der Waals surface area (Å²) < 4.78 is 11.3. The van der Waals surface area contributed by atoms with Crippen LogP contribution in [0.1, 0.15) is 58.6 Å². The predicted octanol–water partition coefficient (Wildman–Crippen LogP) is 4.32. The van der Waals surface area contributed by atoms with Gasteiger partial charge >= 0.3 is 0 Å².